The Morgan fingerprint density at radius 1 is 1.38 bits per heavy atom. The predicted octanol–water partition coefficient (Wildman–Crippen LogP) is 2.54. The Balaban J connectivity index is 2.07. The molecular weight excluding hydrogens is 294 g/mol. The van der Waals surface area contributed by atoms with E-state index in [2.05, 4.69) is 10.1 Å². The minimum atomic E-state index is -0.305. The Bertz CT molecular complexity index is 503. The standard InChI is InChI=1S/C15H20ClNO4/c1-19-13-8-11(16)7-10(9-17-12-3-4-12)15(13)21-6-5-14(18)20-2/h7-8,12,17H,3-6,9H2,1-2H3. The molecule has 21 heavy (non-hydrogen) atoms. The highest BCUT2D eigenvalue weighted by atomic mass is 35.5. The summed E-state index contributed by atoms with van der Waals surface area (Å²) >= 11 is 6.10. The molecule has 2 rings (SSSR count). The van der Waals surface area contributed by atoms with Gasteiger partial charge in [-0.1, -0.05) is 11.6 Å². The van der Waals surface area contributed by atoms with Crippen molar-refractivity contribution in [2.75, 3.05) is 20.8 Å². The Hall–Kier alpha value is -1.46. The molecule has 1 fully saturated rings. The highest BCUT2D eigenvalue weighted by molar-refractivity contribution is 6.30. The number of esters is 1. The summed E-state index contributed by atoms with van der Waals surface area (Å²) in [5, 5.41) is 4.01. The molecule has 1 N–H and O–H groups in total. The van der Waals surface area contributed by atoms with E-state index >= 15 is 0 Å². The van der Waals surface area contributed by atoms with Gasteiger partial charge in [0.2, 0.25) is 0 Å². The topological polar surface area (TPSA) is 56.8 Å². The molecule has 0 saturated heterocycles. The number of hydrogen-bond acceptors (Lipinski definition) is 5. The van der Waals surface area contributed by atoms with Crippen molar-refractivity contribution in [1.29, 1.82) is 0 Å². The molecule has 1 aromatic carbocycles. The second-order valence-corrected chi connectivity index (χ2v) is 5.36. The Morgan fingerprint density at radius 2 is 2.14 bits per heavy atom. The van der Waals surface area contributed by atoms with Crippen LogP contribution in [0, 0.1) is 0 Å². The number of nitrogens with one attached hydrogen (secondary N) is 1. The lowest BCUT2D eigenvalue weighted by molar-refractivity contribution is -0.141. The first-order valence-corrected chi connectivity index (χ1v) is 7.31. The summed E-state index contributed by atoms with van der Waals surface area (Å²) in [6.45, 7) is 0.899. The normalized spacial score (nSPS) is 13.9. The highest BCUT2D eigenvalue weighted by Crippen LogP contribution is 2.35. The Kier molecular flexibility index (Phi) is 5.70. The van der Waals surface area contributed by atoms with Crippen molar-refractivity contribution in [3.8, 4) is 11.5 Å². The summed E-state index contributed by atoms with van der Waals surface area (Å²) in [5.41, 5.74) is 0.927. The van der Waals surface area contributed by atoms with Gasteiger partial charge in [0.05, 0.1) is 27.2 Å². The summed E-state index contributed by atoms with van der Waals surface area (Å²) in [7, 11) is 2.92. The fraction of sp³-hybridized carbons (Fsp3) is 0.533. The SMILES string of the molecule is COC(=O)CCOc1c(CNC2CC2)cc(Cl)cc1OC. The van der Waals surface area contributed by atoms with E-state index in [1.165, 1.54) is 20.0 Å². The summed E-state index contributed by atoms with van der Waals surface area (Å²) in [4.78, 5) is 11.2. The van der Waals surface area contributed by atoms with Crippen molar-refractivity contribution in [1.82, 2.24) is 5.32 Å². The van der Waals surface area contributed by atoms with Crippen molar-refractivity contribution < 1.29 is 19.0 Å². The number of carbonyl (C=O) groups is 1. The molecule has 1 aromatic rings. The van der Waals surface area contributed by atoms with Gasteiger partial charge < -0.3 is 19.5 Å². The van der Waals surface area contributed by atoms with Gasteiger partial charge in [-0.3, -0.25) is 4.79 Å². The van der Waals surface area contributed by atoms with E-state index in [1.54, 1.807) is 13.2 Å². The van der Waals surface area contributed by atoms with E-state index in [9.17, 15) is 4.79 Å². The lowest BCUT2D eigenvalue weighted by Crippen LogP contribution is -2.17. The highest BCUT2D eigenvalue weighted by Gasteiger charge is 2.22. The molecule has 0 bridgehead atoms. The zero-order valence-electron chi connectivity index (χ0n) is 12.3. The number of hydrogen-bond donors (Lipinski definition) is 1. The number of benzene rings is 1. The smallest absolute Gasteiger partial charge is 0.308 e. The van der Waals surface area contributed by atoms with Crippen molar-refractivity contribution in [3.05, 3.63) is 22.7 Å². The van der Waals surface area contributed by atoms with E-state index in [0.29, 0.717) is 29.1 Å². The molecule has 1 saturated carbocycles. The minimum absolute atomic E-state index is 0.192. The maximum atomic E-state index is 11.2. The lowest BCUT2D eigenvalue weighted by Gasteiger charge is -2.16. The van der Waals surface area contributed by atoms with Crippen molar-refractivity contribution in [2.45, 2.75) is 31.8 Å². The van der Waals surface area contributed by atoms with E-state index in [1.807, 2.05) is 6.07 Å². The average Bonchev–Trinajstić information content (AvgIpc) is 3.30. The number of carbonyl (C=O) groups excluding carboxylic acids is 1. The van der Waals surface area contributed by atoms with E-state index in [4.69, 9.17) is 21.1 Å². The molecule has 0 aromatic heterocycles. The van der Waals surface area contributed by atoms with E-state index in [0.717, 1.165) is 5.56 Å². The fourth-order valence-electron chi connectivity index (χ4n) is 1.95. The van der Waals surface area contributed by atoms with Gasteiger partial charge in [-0.15, -0.1) is 0 Å². The van der Waals surface area contributed by atoms with Gasteiger partial charge in [-0.25, -0.2) is 0 Å². The van der Waals surface area contributed by atoms with Crippen LogP contribution >= 0.6 is 11.6 Å². The maximum Gasteiger partial charge on any atom is 0.308 e. The molecule has 0 heterocycles. The summed E-state index contributed by atoms with van der Waals surface area (Å²) in [6, 6.07) is 4.14. The quantitative estimate of drug-likeness (QED) is 0.747. The summed E-state index contributed by atoms with van der Waals surface area (Å²) in [5.74, 6) is 0.888. The molecule has 0 radical (unpaired) electrons. The van der Waals surface area contributed by atoms with Crippen molar-refractivity contribution in [2.24, 2.45) is 0 Å². The monoisotopic (exact) mass is 313 g/mol. The molecule has 5 nitrogen and oxygen atoms in total. The van der Waals surface area contributed by atoms with Crippen LogP contribution in [0.25, 0.3) is 0 Å². The van der Waals surface area contributed by atoms with E-state index in [-0.39, 0.29) is 19.0 Å². The predicted molar refractivity (Wildman–Crippen MR) is 80.0 cm³/mol. The van der Waals surface area contributed by atoms with Crippen molar-refractivity contribution >= 4 is 17.6 Å². The zero-order chi connectivity index (χ0) is 15.2. The van der Waals surface area contributed by atoms with Crippen LogP contribution in [0.3, 0.4) is 0 Å². The van der Waals surface area contributed by atoms with Gasteiger partial charge in [0.15, 0.2) is 11.5 Å². The first kappa shape index (κ1) is 15.9. The third kappa shape index (κ3) is 4.79. The average molecular weight is 314 g/mol. The van der Waals surface area contributed by atoms with Gasteiger partial charge in [-0.2, -0.15) is 0 Å². The molecule has 1 aliphatic carbocycles. The first-order chi connectivity index (χ1) is 10.1. The van der Waals surface area contributed by atoms with Crippen LogP contribution < -0.4 is 14.8 Å². The fourth-order valence-corrected chi connectivity index (χ4v) is 2.18. The molecule has 0 spiro atoms. The zero-order valence-corrected chi connectivity index (χ0v) is 13.0. The summed E-state index contributed by atoms with van der Waals surface area (Å²) < 4.78 is 15.6. The van der Waals surface area contributed by atoms with Gasteiger partial charge in [0, 0.05) is 29.2 Å². The second kappa shape index (κ2) is 7.52. The van der Waals surface area contributed by atoms with Crippen LogP contribution in [-0.4, -0.2) is 32.8 Å². The number of halogens is 1. The molecule has 0 unspecified atom stereocenters. The van der Waals surface area contributed by atoms with Crippen LogP contribution in [0.1, 0.15) is 24.8 Å². The first-order valence-electron chi connectivity index (χ1n) is 6.93. The van der Waals surface area contributed by atoms with Crippen LogP contribution in [-0.2, 0) is 16.1 Å². The number of rotatable bonds is 8. The minimum Gasteiger partial charge on any atom is -0.493 e. The van der Waals surface area contributed by atoms with Gasteiger partial charge >= 0.3 is 5.97 Å². The van der Waals surface area contributed by atoms with Crippen LogP contribution in [0.15, 0.2) is 12.1 Å². The van der Waals surface area contributed by atoms with Crippen LogP contribution in [0.2, 0.25) is 5.02 Å². The Morgan fingerprint density at radius 3 is 2.76 bits per heavy atom. The Labute approximate surface area is 129 Å². The van der Waals surface area contributed by atoms with Crippen LogP contribution in [0.5, 0.6) is 11.5 Å². The number of ether oxygens (including phenoxy) is 3. The van der Waals surface area contributed by atoms with Crippen molar-refractivity contribution in [3.63, 3.8) is 0 Å². The molecule has 0 amide bonds. The number of methoxy groups -OCH3 is 2. The third-order valence-corrected chi connectivity index (χ3v) is 3.47. The third-order valence-electron chi connectivity index (χ3n) is 3.26. The summed E-state index contributed by atoms with van der Waals surface area (Å²) in [6.07, 6.45) is 2.60. The molecule has 1 aliphatic rings. The molecule has 0 atom stereocenters. The molecule has 6 heteroatoms. The van der Waals surface area contributed by atoms with Gasteiger partial charge in [-0.05, 0) is 18.9 Å². The second-order valence-electron chi connectivity index (χ2n) is 4.93. The molecule has 116 valence electrons. The lowest BCUT2D eigenvalue weighted by atomic mass is 10.1. The van der Waals surface area contributed by atoms with Crippen LogP contribution in [0.4, 0.5) is 0 Å². The van der Waals surface area contributed by atoms with E-state index < -0.39 is 0 Å². The molecule has 0 aliphatic heterocycles. The largest absolute Gasteiger partial charge is 0.493 e. The van der Waals surface area contributed by atoms with Gasteiger partial charge in [0.1, 0.15) is 0 Å². The maximum absolute atomic E-state index is 11.2. The molecular formula is C15H20ClNO4. The van der Waals surface area contributed by atoms with Gasteiger partial charge in [0.25, 0.3) is 0 Å².